The van der Waals surface area contributed by atoms with Gasteiger partial charge in [-0.05, 0) is 38.7 Å². The lowest BCUT2D eigenvalue weighted by Crippen LogP contribution is -2.56. The summed E-state index contributed by atoms with van der Waals surface area (Å²) in [7, 11) is 0. The van der Waals surface area contributed by atoms with Crippen LogP contribution in [0.5, 0.6) is 0 Å². The number of aryl methyl sites for hydroxylation is 2. The van der Waals surface area contributed by atoms with Gasteiger partial charge < -0.3 is 10.4 Å². The molecule has 114 valence electrons. The highest BCUT2D eigenvalue weighted by Crippen LogP contribution is 2.33. The highest BCUT2D eigenvalue weighted by atomic mass is 16.4. The predicted molar refractivity (Wildman–Crippen MR) is 77.0 cm³/mol. The molecule has 21 heavy (non-hydrogen) atoms. The van der Waals surface area contributed by atoms with Crippen molar-refractivity contribution in [1.82, 2.24) is 15.5 Å². The molecule has 2 unspecified atom stereocenters. The minimum Gasteiger partial charge on any atom is -0.480 e. The van der Waals surface area contributed by atoms with Crippen molar-refractivity contribution in [2.75, 3.05) is 0 Å². The number of carboxylic acid groups (broad SMARTS) is 1. The van der Waals surface area contributed by atoms with Gasteiger partial charge in [0, 0.05) is 0 Å². The zero-order valence-corrected chi connectivity index (χ0v) is 12.6. The first-order valence-electron chi connectivity index (χ1n) is 7.21. The number of nitrogens with one attached hydrogen (secondary N) is 1. The second-order valence-electron chi connectivity index (χ2n) is 6.03. The number of hydrogen-bond acceptors (Lipinski definition) is 4. The van der Waals surface area contributed by atoms with Gasteiger partial charge in [-0.2, -0.15) is 10.2 Å². The highest BCUT2D eigenvalue weighted by Gasteiger charge is 2.43. The van der Waals surface area contributed by atoms with Crippen LogP contribution in [0.2, 0.25) is 0 Å². The molecule has 0 saturated heterocycles. The van der Waals surface area contributed by atoms with Gasteiger partial charge in [-0.1, -0.05) is 19.8 Å². The molecule has 1 fully saturated rings. The third kappa shape index (κ3) is 3.20. The Hall–Kier alpha value is -1.98. The van der Waals surface area contributed by atoms with Crippen LogP contribution >= 0.6 is 0 Å². The van der Waals surface area contributed by atoms with E-state index < -0.39 is 11.5 Å². The fraction of sp³-hybridized carbons (Fsp3) is 0.600. The van der Waals surface area contributed by atoms with Crippen LogP contribution in [0.3, 0.4) is 0 Å². The normalized spacial score (nSPS) is 25.4. The SMILES string of the molecule is Cc1cc(C(=O)NC2(C(=O)O)CCCC(C)C2)c(C)nn1. The van der Waals surface area contributed by atoms with E-state index in [1.807, 2.05) is 6.92 Å². The van der Waals surface area contributed by atoms with Gasteiger partial charge in [0.1, 0.15) is 5.54 Å². The van der Waals surface area contributed by atoms with E-state index in [0.717, 1.165) is 12.8 Å². The molecule has 0 radical (unpaired) electrons. The fourth-order valence-electron chi connectivity index (χ4n) is 2.98. The van der Waals surface area contributed by atoms with Crippen LogP contribution in [0.25, 0.3) is 0 Å². The van der Waals surface area contributed by atoms with Gasteiger partial charge in [-0.25, -0.2) is 4.79 Å². The Balaban J connectivity index is 2.27. The number of carbonyl (C=O) groups is 2. The second kappa shape index (κ2) is 5.79. The van der Waals surface area contributed by atoms with Gasteiger partial charge in [-0.3, -0.25) is 4.79 Å². The first kappa shape index (κ1) is 15.4. The Kier molecular flexibility index (Phi) is 4.25. The first-order chi connectivity index (χ1) is 9.84. The lowest BCUT2D eigenvalue weighted by Gasteiger charge is -2.37. The molecular weight excluding hydrogens is 270 g/mol. The highest BCUT2D eigenvalue weighted by molar-refractivity contribution is 5.98. The molecule has 1 aliphatic carbocycles. The van der Waals surface area contributed by atoms with E-state index in [1.54, 1.807) is 19.9 Å². The summed E-state index contributed by atoms with van der Waals surface area (Å²) in [5, 5.41) is 20.1. The molecule has 0 aromatic carbocycles. The summed E-state index contributed by atoms with van der Waals surface area (Å²) >= 11 is 0. The zero-order chi connectivity index (χ0) is 15.6. The van der Waals surface area contributed by atoms with Crippen LogP contribution in [0.15, 0.2) is 6.07 Å². The van der Waals surface area contributed by atoms with Gasteiger partial charge in [-0.15, -0.1) is 0 Å². The van der Waals surface area contributed by atoms with E-state index in [2.05, 4.69) is 15.5 Å². The molecular formula is C15H21N3O3. The molecule has 1 heterocycles. The van der Waals surface area contributed by atoms with Crippen molar-refractivity contribution < 1.29 is 14.7 Å². The maximum absolute atomic E-state index is 12.5. The van der Waals surface area contributed by atoms with Crippen molar-refractivity contribution in [3.63, 3.8) is 0 Å². The molecule has 1 aromatic heterocycles. The maximum Gasteiger partial charge on any atom is 0.329 e. The van der Waals surface area contributed by atoms with Gasteiger partial charge in [0.15, 0.2) is 0 Å². The van der Waals surface area contributed by atoms with Crippen LogP contribution in [0.1, 0.15) is 54.4 Å². The summed E-state index contributed by atoms with van der Waals surface area (Å²) < 4.78 is 0. The van der Waals surface area contributed by atoms with Crippen LogP contribution in [-0.4, -0.2) is 32.7 Å². The molecule has 2 atom stereocenters. The fourth-order valence-corrected chi connectivity index (χ4v) is 2.98. The summed E-state index contributed by atoms with van der Waals surface area (Å²) in [6.45, 7) is 5.46. The summed E-state index contributed by atoms with van der Waals surface area (Å²) in [4.78, 5) is 24.2. The van der Waals surface area contributed by atoms with E-state index in [9.17, 15) is 14.7 Å². The molecule has 1 aromatic rings. The molecule has 6 nitrogen and oxygen atoms in total. The van der Waals surface area contributed by atoms with Crippen molar-refractivity contribution >= 4 is 11.9 Å². The third-order valence-electron chi connectivity index (χ3n) is 4.10. The van der Waals surface area contributed by atoms with E-state index in [0.29, 0.717) is 29.8 Å². The van der Waals surface area contributed by atoms with Crippen LogP contribution in [0.4, 0.5) is 0 Å². The monoisotopic (exact) mass is 291 g/mol. The minimum absolute atomic E-state index is 0.286. The van der Waals surface area contributed by atoms with Gasteiger partial charge in [0.25, 0.3) is 5.91 Å². The van der Waals surface area contributed by atoms with Crippen LogP contribution < -0.4 is 5.32 Å². The maximum atomic E-state index is 12.5. The Morgan fingerprint density at radius 2 is 2.10 bits per heavy atom. The average molecular weight is 291 g/mol. The Labute approximate surface area is 124 Å². The smallest absolute Gasteiger partial charge is 0.329 e. The van der Waals surface area contributed by atoms with Crippen molar-refractivity contribution in [3.8, 4) is 0 Å². The number of rotatable bonds is 3. The van der Waals surface area contributed by atoms with Crippen LogP contribution in [0, 0.1) is 19.8 Å². The average Bonchev–Trinajstić information content (AvgIpc) is 2.41. The summed E-state index contributed by atoms with van der Waals surface area (Å²) in [6, 6.07) is 1.64. The van der Waals surface area contributed by atoms with Crippen LogP contribution in [-0.2, 0) is 4.79 Å². The number of carbonyl (C=O) groups excluding carboxylic acids is 1. The molecule has 1 amide bonds. The molecule has 1 aliphatic rings. The summed E-state index contributed by atoms with van der Waals surface area (Å²) in [5.41, 5.74) is 0.356. The topological polar surface area (TPSA) is 92.2 Å². The number of aromatic nitrogens is 2. The van der Waals surface area contributed by atoms with Crippen molar-refractivity contribution in [3.05, 3.63) is 23.0 Å². The molecule has 6 heteroatoms. The van der Waals surface area contributed by atoms with Gasteiger partial charge in [0.2, 0.25) is 0 Å². The number of amides is 1. The van der Waals surface area contributed by atoms with E-state index in [4.69, 9.17) is 0 Å². The minimum atomic E-state index is -1.17. The van der Waals surface area contributed by atoms with Crippen molar-refractivity contribution in [2.24, 2.45) is 5.92 Å². The Morgan fingerprint density at radius 1 is 1.38 bits per heavy atom. The lowest BCUT2D eigenvalue weighted by atomic mass is 9.76. The number of hydrogen-bond donors (Lipinski definition) is 2. The second-order valence-corrected chi connectivity index (χ2v) is 6.03. The molecule has 2 N–H and O–H groups in total. The van der Waals surface area contributed by atoms with Crippen molar-refractivity contribution in [2.45, 2.75) is 52.0 Å². The Morgan fingerprint density at radius 3 is 2.71 bits per heavy atom. The molecule has 0 spiro atoms. The molecule has 0 bridgehead atoms. The number of aliphatic carboxylic acids is 1. The van der Waals surface area contributed by atoms with Gasteiger partial charge in [0.05, 0.1) is 17.0 Å². The predicted octanol–water partition coefficient (Wildman–Crippen LogP) is 1.86. The van der Waals surface area contributed by atoms with E-state index in [-0.39, 0.29) is 11.8 Å². The molecule has 1 saturated carbocycles. The quantitative estimate of drug-likeness (QED) is 0.886. The number of carboxylic acids is 1. The largest absolute Gasteiger partial charge is 0.480 e. The van der Waals surface area contributed by atoms with Crippen molar-refractivity contribution in [1.29, 1.82) is 0 Å². The molecule has 0 aliphatic heterocycles. The number of nitrogens with zero attached hydrogens (tertiary/aromatic N) is 2. The summed E-state index contributed by atoms with van der Waals surface area (Å²) in [6.07, 6.45) is 2.74. The van der Waals surface area contributed by atoms with Gasteiger partial charge >= 0.3 is 5.97 Å². The third-order valence-corrected chi connectivity index (χ3v) is 4.10. The van der Waals surface area contributed by atoms with E-state index in [1.165, 1.54) is 0 Å². The standard InChI is InChI=1S/C15H21N3O3/c1-9-5-4-6-15(8-9,14(20)21)16-13(19)12-7-10(2)17-18-11(12)3/h7,9H,4-6,8H2,1-3H3,(H,16,19)(H,20,21). The molecule has 2 rings (SSSR count). The van der Waals surface area contributed by atoms with E-state index >= 15 is 0 Å². The summed E-state index contributed by atoms with van der Waals surface area (Å²) in [5.74, 6) is -1.06. The Bertz CT molecular complexity index is 573. The zero-order valence-electron chi connectivity index (χ0n) is 12.6. The first-order valence-corrected chi connectivity index (χ1v) is 7.21. The lowest BCUT2D eigenvalue weighted by molar-refractivity contribution is -0.146.